The van der Waals surface area contributed by atoms with Crippen LogP contribution in [0.15, 0.2) is 72.8 Å². The van der Waals surface area contributed by atoms with E-state index in [1.807, 2.05) is 0 Å². The van der Waals surface area contributed by atoms with Crippen LogP contribution in [0, 0.1) is 0 Å². The van der Waals surface area contributed by atoms with Gasteiger partial charge in [-0.05, 0) is 72.8 Å². The molecule has 0 saturated heterocycles. The highest BCUT2D eigenvalue weighted by molar-refractivity contribution is 8.77. The third-order valence-corrected chi connectivity index (χ3v) is 20.9. The van der Waals surface area contributed by atoms with E-state index in [1.165, 1.54) is 138 Å². The lowest BCUT2D eigenvalue weighted by Gasteiger charge is -2.12. The first-order valence-corrected chi connectivity index (χ1v) is 41.0. The third kappa shape index (κ3) is 31.3. The molecule has 12 N–H and O–H groups in total. The van der Waals surface area contributed by atoms with Crippen LogP contribution in [0.1, 0.15) is 124 Å². The van der Waals surface area contributed by atoms with Crippen LogP contribution in [0.2, 0.25) is 0 Å². The van der Waals surface area contributed by atoms with E-state index in [2.05, 4.69) is 140 Å². The van der Waals surface area contributed by atoms with Crippen LogP contribution in [0.25, 0.3) is 0 Å². The number of hydrogen-bond acceptors (Lipinski definition) is 24. The number of carbonyl (C=O) groups is 12. The highest BCUT2D eigenvalue weighted by Gasteiger charge is 2.22. The zero-order chi connectivity index (χ0) is 70.0. The molecule has 96 heavy (non-hydrogen) atoms. The van der Waals surface area contributed by atoms with Crippen molar-refractivity contribution in [3.63, 3.8) is 0 Å². The summed E-state index contributed by atoms with van der Waals surface area (Å²) in [5.41, 5.74) is 1.41. The van der Waals surface area contributed by atoms with Gasteiger partial charge in [0.05, 0.1) is 0 Å². The summed E-state index contributed by atoms with van der Waals surface area (Å²) in [5.74, 6) is -0.678. The van der Waals surface area contributed by atoms with E-state index in [-0.39, 0.29) is 145 Å². The number of amides is 12. The van der Waals surface area contributed by atoms with Crippen molar-refractivity contribution < 1.29 is 57.5 Å². The standard InChI is InChI=1S/C60H78N12O12S12/c73-49(61-1-13-85)37-25-38(50(74)62-2-14-86)29-43(28-37)55(79)67-7-19-91-94-22-10-70-58(82)46-34-47(59(83)71-11-23-95-92-20-8-68-56(80)44-30-39(51(75)63-3-15-87)26-40(31-44)52(76)64-4-16-88)36-48(35-46)60(84)72-12-24-96-93-21-9-69-57(81)45-32-41(53(77)65-5-17-89)27-42(33-45)54(78)66-6-18-90/h25-36,85-90H,1-24H2,(H,61,73)(H,62,74)(H,63,75)(H,64,76)(H,65,77)(H,66,78)(H,67,79)(H,68,80)(H,69,81)(H,70,82)(H,71,83)(H,72,84). The highest BCUT2D eigenvalue weighted by Crippen LogP contribution is 2.23. The number of thiol groups is 6. The van der Waals surface area contributed by atoms with E-state index in [1.54, 1.807) is 0 Å². The molecule has 12 amide bonds. The average molecular weight is 1540 g/mol. The molecule has 0 heterocycles. The van der Waals surface area contributed by atoms with Gasteiger partial charge in [0.25, 0.3) is 70.9 Å². The lowest BCUT2D eigenvalue weighted by Crippen LogP contribution is -2.30. The van der Waals surface area contributed by atoms with E-state index in [0.717, 1.165) is 0 Å². The van der Waals surface area contributed by atoms with Crippen LogP contribution >= 0.6 is 141 Å². The smallest absolute Gasteiger partial charge is 0.251 e. The maximum Gasteiger partial charge on any atom is 0.251 e. The van der Waals surface area contributed by atoms with Gasteiger partial charge in [-0.1, -0.05) is 64.8 Å². The van der Waals surface area contributed by atoms with Crippen LogP contribution in [0.3, 0.4) is 0 Å². The summed E-state index contributed by atoms with van der Waals surface area (Å²) < 4.78 is 0. The van der Waals surface area contributed by atoms with Crippen LogP contribution in [-0.4, -0.2) is 218 Å². The molecule has 522 valence electrons. The van der Waals surface area contributed by atoms with Crippen molar-refractivity contribution in [3.05, 3.63) is 140 Å². The molecule has 36 heteroatoms. The number of carbonyl (C=O) groups excluding carboxylic acids is 12. The van der Waals surface area contributed by atoms with Gasteiger partial charge in [0.1, 0.15) is 0 Å². The molecule has 24 nitrogen and oxygen atoms in total. The SMILES string of the molecule is O=C(NCCS)c1cc(C(=O)NCCS)cc(C(=O)NCCSSCCNC(=O)c2cc(C(=O)NCCSSCCNC(=O)c3cc(C(=O)NCCS)cc(C(=O)NCCS)c3)cc(C(=O)NCCSSCCNC(=O)c3cc(C(=O)NCCS)cc(C(=O)NCCS)c3)c2)c1. The van der Waals surface area contributed by atoms with Crippen LogP contribution < -0.4 is 63.8 Å². The summed E-state index contributed by atoms with van der Waals surface area (Å²) in [7, 11) is 8.61. The molecule has 0 aromatic heterocycles. The van der Waals surface area contributed by atoms with Gasteiger partial charge >= 0.3 is 0 Å². The lowest BCUT2D eigenvalue weighted by atomic mass is 10.0. The molecule has 0 aliphatic heterocycles. The van der Waals surface area contributed by atoms with Gasteiger partial charge in [-0.2, -0.15) is 75.8 Å². The molecule has 0 fully saturated rings. The molecule has 0 radical (unpaired) electrons. The second-order valence-electron chi connectivity index (χ2n) is 19.5. The Morgan fingerprint density at radius 3 is 0.375 bits per heavy atom. The molecule has 0 unspecified atom stereocenters. The lowest BCUT2D eigenvalue weighted by molar-refractivity contribution is 0.0933. The minimum atomic E-state index is -0.537. The number of rotatable bonds is 45. The van der Waals surface area contributed by atoms with E-state index >= 15 is 0 Å². The number of nitrogens with one attached hydrogen (secondary N) is 12. The Morgan fingerprint density at radius 2 is 0.281 bits per heavy atom. The van der Waals surface area contributed by atoms with Gasteiger partial charge in [0.15, 0.2) is 0 Å². The van der Waals surface area contributed by atoms with E-state index in [9.17, 15) is 57.5 Å². The first kappa shape index (κ1) is 83.1. The van der Waals surface area contributed by atoms with Crippen molar-refractivity contribution in [2.45, 2.75) is 0 Å². The second-order valence-corrected chi connectivity index (χ2v) is 30.3. The fourth-order valence-electron chi connectivity index (χ4n) is 7.92. The van der Waals surface area contributed by atoms with Crippen molar-refractivity contribution in [3.8, 4) is 0 Å². The van der Waals surface area contributed by atoms with Gasteiger partial charge < -0.3 is 63.8 Å². The van der Waals surface area contributed by atoms with Crippen LogP contribution in [0.4, 0.5) is 0 Å². The summed E-state index contributed by atoms with van der Waals surface area (Å²) in [5, 5.41) is 33.1. The topological polar surface area (TPSA) is 349 Å². The molecular weight excluding hydrogens is 1470 g/mol. The largest absolute Gasteiger partial charge is 0.351 e. The minimum Gasteiger partial charge on any atom is -0.351 e. The quantitative estimate of drug-likeness (QED) is 0.0167. The summed E-state index contributed by atoms with van der Waals surface area (Å²) in [6.45, 7) is 3.08. The Kier molecular flexibility index (Phi) is 42.0. The van der Waals surface area contributed by atoms with Crippen LogP contribution in [0.5, 0.6) is 0 Å². The fourth-order valence-corrected chi connectivity index (χ4v) is 14.0. The van der Waals surface area contributed by atoms with E-state index in [4.69, 9.17) is 0 Å². The van der Waals surface area contributed by atoms with E-state index < -0.39 is 70.9 Å². The predicted molar refractivity (Wildman–Crippen MR) is 412 cm³/mol. The van der Waals surface area contributed by atoms with Crippen LogP contribution in [-0.2, 0) is 0 Å². The van der Waals surface area contributed by atoms with Gasteiger partial charge in [-0.15, -0.1) is 0 Å². The number of benzene rings is 4. The molecule has 0 atom stereocenters. The Labute approximate surface area is 614 Å². The summed E-state index contributed by atoms with van der Waals surface area (Å²) in [4.78, 5) is 157. The minimum absolute atomic E-state index is 0.0608. The van der Waals surface area contributed by atoms with Crippen molar-refractivity contribution in [2.75, 3.05) is 148 Å². The first-order valence-electron chi connectivity index (χ1n) is 29.7. The molecule has 0 aliphatic carbocycles. The molecule has 0 bridgehead atoms. The van der Waals surface area contributed by atoms with Crippen molar-refractivity contribution >= 4 is 211 Å². The van der Waals surface area contributed by atoms with Gasteiger partial charge in [-0.25, -0.2) is 0 Å². The van der Waals surface area contributed by atoms with Gasteiger partial charge in [-0.3, -0.25) is 57.5 Å². The summed E-state index contributed by atoms with van der Waals surface area (Å²) >= 11 is 24.7. The molecule has 0 aliphatic rings. The van der Waals surface area contributed by atoms with Crippen molar-refractivity contribution in [1.29, 1.82) is 0 Å². The second kappa shape index (κ2) is 48.5. The molecule has 4 rings (SSSR count). The predicted octanol–water partition coefficient (Wildman–Crippen LogP) is 4.27. The first-order chi connectivity index (χ1) is 46.4. The van der Waals surface area contributed by atoms with Gasteiger partial charge in [0.2, 0.25) is 0 Å². The molecule has 0 spiro atoms. The molecule has 0 saturated carbocycles. The van der Waals surface area contributed by atoms with E-state index in [0.29, 0.717) is 69.0 Å². The van der Waals surface area contributed by atoms with Gasteiger partial charge in [0, 0.05) is 214 Å². The zero-order valence-electron chi connectivity index (χ0n) is 51.9. The number of hydrogen-bond donors (Lipinski definition) is 18. The highest BCUT2D eigenvalue weighted by atomic mass is 33.1. The Hall–Kier alpha value is -5.28. The Morgan fingerprint density at radius 1 is 0.188 bits per heavy atom. The molecule has 4 aromatic carbocycles. The average Bonchev–Trinajstić information content (AvgIpc) is 1.23. The van der Waals surface area contributed by atoms with Crippen molar-refractivity contribution in [2.24, 2.45) is 0 Å². The zero-order valence-corrected chi connectivity index (χ0v) is 62.2. The maximum atomic E-state index is 13.7. The Bertz CT molecular complexity index is 2860. The monoisotopic (exact) mass is 1540 g/mol. The maximum absolute atomic E-state index is 13.7. The normalized spacial score (nSPS) is 10.7. The molecule has 4 aromatic rings. The fraction of sp³-hybridized carbons (Fsp3) is 0.400. The molecular formula is C60H78N12O12S12. The third-order valence-electron chi connectivity index (χ3n) is 12.3. The summed E-state index contributed by atoms with van der Waals surface area (Å²) in [6.07, 6.45) is 0. The Balaban J connectivity index is 1.32. The summed E-state index contributed by atoms with van der Waals surface area (Å²) in [6, 6.07) is 16.9. The van der Waals surface area contributed by atoms with Crippen molar-refractivity contribution in [1.82, 2.24) is 63.8 Å².